The molecule has 1 aliphatic rings. The fourth-order valence-electron chi connectivity index (χ4n) is 2.42. The van der Waals surface area contributed by atoms with E-state index in [1.807, 2.05) is 30.3 Å². The summed E-state index contributed by atoms with van der Waals surface area (Å²) in [5.41, 5.74) is 1.15. The van der Waals surface area contributed by atoms with Crippen molar-refractivity contribution in [1.29, 1.82) is 0 Å². The van der Waals surface area contributed by atoms with Gasteiger partial charge >= 0.3 is 0 Å². The Hall–Kier alpha value is -1.46. The summed E-state index contributed by atoms with van der Waals surface area (Å²) in [6.07, 6.45) is -0.0874. The zero-order valence-electron chi connectivity index (χ0n) is 11.4. The summed E-state index contributed by atoms with van der Waals surface area (Å²) in [5.74, 6) is -0.253. The Kier molecular flexibility index (Phi) is 5.49. The summed E-state index contributed by atoms with van der Waals surface area (Å²) in [4.78, 5) is 13.3. The molecule has 0 aliphatic carbocycles. The van der Waals surface area contributed by atoms with Crippen LogP contribution in [0.1, 0.15) is 12.0 Å². The topological polar surface area (TPSA) is 49.8 Å². The summed E-state index contributed by atoms with van der Waals surface area (Å²) >= 11 is 0. The standard InChI is InChI=1S/C15H20FNO3/c16-13-8-14(10-18)17(9-13)15(19)11-20-7-6-12-4-2-1-3-5-12/h1-5,13-14,18H,6-11H2/t13-,14-/m0/s1. The highest BCUT2D eigenvalue weighted by molar-refractivity contribution is 5.78. The molecule has 0 spiro atoms. The van der Waals surface area contributed by atoms with Crippen molar-refractivity contribution in [2.75, 3.05) is 26.4 Å². The first-order chi connectivity index (χ1) is 9.70. The normalized spacial score (nSPS) is 22.2. The van der Waals surface area contributed by atoms with Crippen molar-refractivity contribution in [3.63, 3.8) is 0 Å². The Morgan fingerprint density at radius 1 is 1.40 bits per heavy atom. The molecule has 2 atom stereocenters. The van der Waals surface area contributed by atoms with E-state index in [1.165, 1.54) is 4.90 Å². The molecule has 0 saturated carbocycles. The number of benzene rings is 1. The summed E-state index contributed by atoms with van der Waals surface area (Å²) in [6, 6.07) is 9.46. The third-order valence-corrected chi connectivity index (χ3v) is 3.50. The van der Waals surface area contributed by atoms with Crippen LogP contribution < -0.4 is 0 Å². The van der Waals surface area contributed by atoms with Gasteiger partial charge in [0, 0.05) is 6.42 Å². The van der Waals surface area contributed by atoms with E-state index < -0.39 is 12.2 Å². The molecular formula is C15H20FNO3. The van der Waals surface area contributed by atoms with E-state index in [2.05, 4.69) is 0 Å². The van der Waals surface area contributed by atoms with E-state index in [0.717, 1.165) is 12.0 Å². The summed E-state index contributed by atoms with van der Waals surface area (Å²) < 4.78 is 18.6. The van der Waals surface area contributed by atoms with E-state index in [1.54, 1.807) is 0 Å². The van der Waals surface area contributed by atoms with Crippen LogP contribution in [-0.2, 0) is 16.0 Å². The molecular weight excluding hydrogens is 261 g/mol. The molecule has 20 heavy (non-hydrogen) atoms. The molecule has 1 aromatic carbocycles. The van der Waals surface area contributed by atoms with Crippen molar-refractivity contribution in [1.82, 2.24) is 4.90 Å². The molecule has 1 N–H and O–H groups in total. The maximum Gasteiger partial charge on any atom is 0.248 e. The van der Waals surface area contributed by atoms with Gasteiger partial charge in [-0.1, -0.05) is 30.3 Å². The van der Waals surface area contributed by atoms with E-state index in [0.29, 0.717) is 6.61 Å². The summed E-state index contributed by atoms with van der Waals surface area (Å²) in [7, 11) is 0. The van der Waals surface area contributed by atoms with Crippen LogP contribution in [0, 0.1) is 0 Å². The lowest BCUT2D eigenvalue weighted by molar-refractivity contribution is -0.137. The van der Waals surface area contributed by atoms with Gasteiger partial charge in [0.15, 0.2) is 0 Å². The van der Waals surface area contributed by atoms with Gasteiger partial charge in [0.1, 0.15) is 12.8 Å². The lowest BCUT2D eigenvalue weighted by atomic mass is 10.2. The predicted molar refractivity (Wildman–Crippen MR) is 73.1 cm³/mol. The van der Waals surface area contributed by atoms with Gasteiger partial charge in [-0.3, -0.25) is 4.79 Å². The predicted octanol–water partition coefficient (Wildman–Crippen LogP) is 1.18. The average molecular weight is 281 g/mol. The highest BCUT2D eigenvalue weighted by atomic mass is 19.1. The molecule has 1 fully saturated rings. The van der Waals surface area contributed by atoms with Crippen LogP contribution in [0.25, 0.3) is 0 Å². The SMILES string of the molecule is O=C(COCCc1ccccc1)N1C[C@@H](F)C[C@H]1CO. The third-order valence-electron chi connectivity index (χ3n) is 3.50. The van der Waals surface area contributed by atoms with Gasteiger partial charge in [-0.25, -0.2) is 4.39 Å². The molecule has 2 rings (SSSR count). The molecule has 4 nitrogen and oxygen atoms in total. The van der Waals surface area contributed by atoms with Crippen molar-refractivity contribution in [3.05, 3.63) is 35.9 Å². The minimum Gasteiger partial charge on any atom is -0.394 e. The summed E-state index contributed by atoms with van der Waals surface area (Å²) in [5, 5.41) is 9.12. The first-order valence-corrected chi connectivity index (χ1v) is 6.86. The van der Waals surface area contributed by atoms with Gasteiger partial charge in [0.25, 0.3) is 0 Å². The molecule has 0 bridgehead atoms. The van der Waals surface area contributed by atoms with E-state index in [-0.39, 0.29) is 32.1 Å². The second-order valence-corrected chi connectivity index (χ2v) is 5.00. The van der Waals surface area contributed by atoms with Crippen LogP contribution in [0.4, 0.5) is 4.39 Å². The molecule has 1 saturated heterocycles. The maximum atomic E-state index is 13.2. The van der Waals surface area contributed by atoms with Crippen molar-refractivity contribution in [2.45, 2.75) is 25.1 Å². The Balaban J connectivity index is 1.70. The fraction of sp³-hybridized carbons (Fsp3) is 0.533. The van der Waals surface area contributed by atoms with Crippen molar-refractivity contribution in [2.24, 2.45) is 0 Å². The lowest BCUT2D eigenvalue weighted by Gasteiger charge is -2.22. The van der Waals surface area contributed by atoms with Crippen molar-refractivity contribution < 1.29 is 19.0 Å². The highest BCUT2D eigenvalue weighted by Crippen LogP contribution is 2.20. The van der Waals surface area contributed by atoms with Gasteiger partial charge in [-0.2, -0.15) is 0 Å². The molecule has 5 heteroatoms. The Labute approximate surface area is 118 Å². The zero-order chi connectivity index (χ0) is 14.4. The van der Waals surface area contributed by atoms with Crippen LogP contribution >= 0.6 is 0 Å². The van der Waals surface area contributed by atoms with Gasteiger partial charge in [-0.05, 0) is 12.0 Å². The molecule has 0 unspecified atom stereocenters. The van der Waals surface area contributed by atoms with E-state index in [4.69, 9.17) is 9.84 Å². The fourth-order valence-corrected chi connectivity index (χ4v) is 2.42. The largest absolute Gasteiger partial charge is 0.394 e. The number of ether oxygens (including phenoxy) is 1. The zero-order valence-corrected chi connectivity index (χ0v) is 11.4. The minimum absolute atomic E-state index is 0.0595. The Morgan fingerprint density at radius 2 is 2.15 bits per heavy atom. The van der Waals surface area contributed by atoms with E-state index >= 15 is 0 Å². The number of carbonyl (C=O) groups is 1. The van der Waals surface area contributed by atoms with Crippen LogP contribution in [-0.4, -0.2) is 54.5 Å². The van der Waals surface area contributed by atoms with Gasteiger partial charge in [0.05, 0.1) is 25.8 Å². The highest BCUT2D eigenvalue weighted by Gasteiger charge is 2.34. The van der Waals surface area contributed by atoms with Gasteiger partial charge < -0.3 is 14.7 Å². The minimum atomic E-state index is -1.04. The number of likely N-dealkylation sites (tertiary alicyclic amines) is 1. The van der Waals surface area contributed by atoms with Crippen molar-refractivity contribution >= 4 is 5.91 Å². The van der Waals surface area contributed by atoms with E-state index in [9.17, 15) is 9.18 Å². The molecule has 1 aliphatic heterocycles. The number of nitrogens with zero attached hydrogens (tertiary/aromatic N) is 1. The number of hydrogen-bond acceptors (Lipinski definition) is 3. The second-order valence-electron chi connectivity index (χ2n) is 5.00. The van der Waals surface area contributed by atoms with Crippen LogP contribution in [0.5, 0.6) is 0 Å². The number of carbonyl (C=O) groups excluding carboxylic acids is 1. The number of aliphatic hydroxyl groups excluding tert-OH is 1. The first kappa shape index (κ1) is 14.9. The van der Waals surface area contributed by atoms with Gasteiger partial charge in [0.2, 0.25) is 5.91 Å². The van der Waals surface area contributed by atoms with Crippen LogP contribution in [0.15, 0.2) is 30.3 Å². The summed E-state index contributed by atoms with van der Waals surface area (Å²) in [6.45, 7) is 0.255. The molecule has 110 valence electrons. The number of amides is 1. The monoisotopic (exact) mass is 281 g/mol. The molecule has 1 amide bonds. The average Bonchev–Trinajstić information content (AvgIpc) is 2.86. The third kappa shape index (κ3) is 4.02. The smallest absolute Gasteiger partial charge is 0.248 e. The molecule has 1 heterocycles. The lowest BCUT2D eigenvalue weighted by Crippen LogP contribution is -2.40. The maximum absolute atomic E-state index is 13.2. The second kappa shape index (κ2) is 7.36. The van der Waals surface area contributed by atoms with Crippen molar-refractivity contribution in [3.8, 4) is 0 Å². The number of rotatable bonds is 6. The molecule has 0 radical (unpaired) electrons. The molecule has 1 aromatic rings. The number of alkyl halides is 1. The van der Waals surface area contributed by atoms with Gasteiger partial charge in [-0.15, -0.1) is 0 Å². The Bertz CT molecular complexity index is 426. The quantitative estimate of drug-likeness (QED) is 0.797. The van der Waals surface area contributed by atoms with Crippen LogP contribution in [0.2, 0.25) is 0 Å². The number of aliphatic hydroxyl groups is 1. The Morgan fingerprint density at radius 3 is 2.85 bits per heavy atom. The first-order valence-electron chi connectivity index (χ1n) is 6.86. The molecule has 0 aromatic heterocycles. The number of halogens is 1. The van der Waals surface area contributed by atoms with Crippen LogP contribution in [0.3, 0.4) is 0 Å². The number of hydrogen-bond donors (Lipinski definition) is 1.